The van der Waals surface area contributed by atoms with E-state index in [1.165, 1.54) is 0 Å². The zero-order valence-corrected chi connectivity index (χ0v) is 13.3. The monoisotopic (exact) mass is 329 g/mol. The van der Waals surface area contributed by atoms with E-state index in [1.807, 2.05) is 54.6 Å². The van der Waals surface area contributed by atoms with Gasteiger partial charge in [0.05, 0.1) is 16.7 Å². The van der Waals surface area contributed by atoms with Gasteiger partial charge in [-0.25, -0.2) is 0 Å². The second-order valence-electron chi connectivity index (χ2n) is 6.47. The van der Waals surface area contributed by atoms with Crippen LogP contribution in [-0.4, -0.2) is 4.90 Å². The quantitative estimate of drug-likeness (QED) is 0.605. The zero-order valence-electron chi connectivity index (χ0n) is 13.3. The first-order valence-electron chi connectivity index (χ1n) is 8.44. The van der Waals surface area contributed by atoms with Crippen molar-refractivity contribution >= 4 is 0 Å². The number of rotatable bonds is 0. The van der Waals surface area contributed by atoms with Crippen LogP contribution in [0.15, 0.2) is 72.8 Å². The smallest absolute Gasteiger partial charge is 0.188 e. The lowest BCUT2D eigenvalue weighted by molar-refractivity contribution is -0.202. The summed E-state index contributed by atoms with van der Waals surface area (Å²) in [6.07, 6.45) is -0.699. The maximum absolute atomic E-state index is 6.38. The molecule has 3 aliphatic rings. The maximum atomic E-state index is 6.38. The van der Waals surface area contributed by atoms with Crippen molar-refractivity contribution in [1.82, 2.24) is 4.90 Å². The van der Waals surface area contributed by atoms with Crippen molar-refractivity contribution in [2.24, 2.45) is 0 Å². The van der Waals surface area contributed by atoms with Crippen LogP contribution in [0.25, 0.3) is 0 Å². The molecular weight excluding hydrogens is 314 g/mol. The molecule has 0 saturated heterocycles. The molecule has 3 aliphatic heterocycles. The highest BCUT2D eigenvalue weighted by Crippen LogP contribution is 2.55. The minimum Gasteiger partial charge on any atom is -0.470 e. The third-order valence-electron chi connectivity index (χ3n) is 5.08. The molecule has 0 aliphatic carbocycles. The molecule has 0 aromatic heterocycles. The lowest BCUT2D eigenvalue weighted by Gasteiger charge is -2.51. The molecule has 25 heavy (non-hydrogen) atoms. The van der Waals surface area contributed by atoms with Crippen molar-refractivity contribution in [2.45, 2.75) is 18.7 Å². The number of fused-ring (bicyclic) bond motifs is 6. The summed E-state index contributed by atoms with van der Waals surface area (Å²) in [5.74, 6) is 2.59. The summed E-state index contributed by atoms with van der Waals surface area (Å²) in [5, 5.41) is 0. The Morgan fingerprint density at radius 2 is 0.800 bits per heavy atom. The lowest BCUT2D eigenvalue weighted by atomic mass is 9.99. The Kier molecular flexibility index (Phi) is 2.54. The van der Waals surface area contributed by atoms with Crippen LogP contribution in [0.2, 0.25) is 0 Å². The highest BCUT2D eigenvalue weighted by Gasteiger charge is 2.50. The van der Waals surface area contributed by atoms with Crippen LogP contribution in [0, 0.1) is 0 Å². The maximum Gasteiger partial charge on any atom is 0.188 e. The normalized spacial score (nSPS) is 25.2. The minimum absolute atomic E-state index is 0.233. The molecule has 3 heterocycles. The van der Waals surface area contributed by atoms with Gasteiger partial charge in [0.1, 0.15) is 17.2 Å². The molecule has 3 aromatic carbocycles. The van der Waals surface area contributed by atoms with E-state index in [-0.39, 0.29) is 18.7 Å². The third kappa shape index (κ3) is 1.74. The Morgan fingerprint density at radius 3 is 1.16 bits per heavy atom. The zero-order chi connectivity index (χ0) is 16.4. The highest BCUT2D eigenvalue weighted by molar-refractivity contribution is 5.47. The topological polar surface area (TPSA) is 30.9 Å². The third-order valence-corrected chi connectivity index (χ3v) is 5.08. The van der Waals surface area contributed by atoms with Gasteiger partial charge >= 0.3 is 0 Å². The molecule has 0 fully saturated rings. The summed E-state index contributed by atoms with van der Waals surface area (Å²) >= 11 is 0. The van der Waals surface area contributed by atoms with Crippen LogP contribution in [0.5, 0.6) is 17.2 Å². The largest absolute Gasteiger partial charge is 0.470 e. The number of nitrogens with zero attached hydrogens (tertiary/aromatic N) is 1. The van der Waals surface area contributed by atoms with E-state index >= 15 is 0 Å². The van der Waals surface area contributed by atoms with E-state index in [9.17, 15) is 0 Å². The molecule has 0 radical (unpaired) electrons. The molecule has 3 atom stereocenters. The predicted octanol–water partition coefficient (Wildman–Crippen LogP) is 4.56. The summed E-state index contributed by atoms with van der Waals surface area (Å²) in [5.41, 5.74) is 3.09. The molecule has 122 valence electrons. The average molecular weight is 329 g/mol. The number of ether oxygens (including phenoxy) is 3. The number of hydrogen-bond acceptors (Lipinski definition) is 4. The number of para-hydroxylation sites is 3. The van der Waals surface area contributed by atoms with Gasteiger partial charge in [0.25, 0.3) is 0 Å². The van der Waals surface area contributed by atoms with E-state index < -0.39 is 0 Å². The van der Waals surface area contributed by atoms with E-state index in [2.05, 4.69) is 23.1 Å². The molecule has 3 aromatic rings. The Labute approximate surface area is 145 Å². The van der Waals surface area contributed by atoms with Crippen molar-refractivity contribution in [3.63, 3.8) is 0 Å². The van der Waals surface area contributed by atoms with Crippen molar-refractivity contribution in [1.29, 1.82) is 0 Å². The van der Waals surface area contributed by atoms with Crippen LogP contribution in [0.1, 0.15) is 35.4 Å². The first-order valence-corrected chi connectivity index (χ1v) is 8.44. The first-order chi connectivity index (χ1) is 12.4. The molecule has 0 spiro atoms. The van der Waals surface area contributed by atoms with Gasteiger partial charge in [-0.15, -0.1) is 0 Å². The van der Waals surface area contributed by atoms with Gasteiger partial charge in [-0.05, 0) is 18.2 Å². The summed E-state index contributed by atoms with van der Waals surface area (Å²) in [7, 11) is 0. The molecule has 0 bridgehead atoms. The second kappa shape index (κ2) is 4.77. The van der Waals surface area contributed by atoms with Crippen LogP contribution in [0.3, 0.4) is 0 Å². The summed E-state index contributed by atoms with van der Waals surface area (Å²) in [4.78, 5) is 2.17. The van der Waals surface area contributed by atoms with Gasteiger partial charge in [-0.2, -0.15) is 4.90 Å². The van der Waals surface area contributed by atoms with Crippen LogP contribution in [-0.2, 0) is 0 Å². The van der Waals surface area contributed by atoms with Gasteiger partial charge in [0.15, 0.2) is 18.7 Å². The molecule has 0 unspecified atom stereocenters. The molecule has 4 heteroatoms. The Hall–Kier alpha value is -2.98. The SMILES string of the molecule is c1ccc2c(c1)O[C@H]1c3ccccc3O[C@H]3c4ccccc4O[C@H]2N13. The van der Waals surface area contributed by atoms with Gasteiger partial charge in [0.2, 0.25) is 0 Å². The molecule has 0 saturated carbocycles. The Morgan fingerprint density at radius 1 is 0.480 bits per heavy atom. The average Bonchev–Trinajstić information content (AvgIpc) is 2.68. The fourth-order valence-electron chi connectivity index (χ4n) is 3.96. The van der Waals surface area contributed by atoms with Gasteiger partial charge < -0.3 is 14.2 Å². The summed E-state index contributed by atoms with van der Waals surface area (Å²) < 4.78 is 19.1. The van der Waals surface area contributed by atoms with Crippen LogP contribution < -0.4 is 14.2 Å². The second-order valence-corrected chi connectivity index (χ2v) is 6.47. The van der Waals surface area contributed by atoms with Crippen LogP contribution in [0.4, 0.5) is 0 Å². The number of benzene rings is 3. The summed E-state index contributed by atoms with van der Waals surface area (Å²) in [6, 6.07) is 24.2. The van der Waals surface area contributed by atoms with Crippen LogP contribution >= 0.6 is 0 Å². The number of hydrogen-bond donors (Lipinski definition) is 0. The fourth-order valence-corrected chi connectivity index (χ4v) is 3.96. The molecular formula is C21H15NO3. The standard InChI is InChI=1S/C21H15NO3/c1-4-10-16-13(7-1)19-22-20(23-16)15-9-3-6-12-18(15)25-21(22)14-8-2-5-11-17(14)24-19/h1-12,19-21H/t19-,20-,21+/m0/s1. The Balaban J connectivity index is 1.62. The van der Waals surface area contributed by atoms with Gasteiger partial charge in [0, 0.05) is 0 Å². The van der Waals surface area contributed by atoms with E-state index in [1.54, 1.807) is 0 Å². The van der Waals surface area contributed by atoms with E-state index in [4.69, 9.17) is 14.2 Å². The van der Waals surface area contributed by atoms with E-state index in [0.29, 0.717) is 0 Å². The molecule has 4 nitrogen and oxygen atoms in total. The van der Waals surface area contributed by atoms with Crippen molar-refractivity contribution in [3.05, 3.63) is 89.5 Å². The fraction of sp³-hybridized carbons (Fsp3) is 0.143. The lowest BCUT2D eigenvalue weighted by Crippen LogP contribution is -2.50. The highest BCUT2D eigenvalue weighted by atomic mass is 16.6. The van der Waals surface area contributed by atoms with Gasteiger partial charge in [-0.1, -0.05) is 54.6 Å². The van der Waals surface area contributed by atoms with E-state index in [0.717, 1.165) is 33.9 Å². The van der Waals surface area contributed by atoms with Crippen molar-refractivity contribution < 1.29 is 14.2 Å². The Bertz CT molecular complexity index is 859. The summed E-state index contributed by atoms with van der Waals surface area (Å²) in [6.45, 7) is 0. The van der Waals surface area contributed by atoms with Crippen molar-refractivity contribution in [3.8, 4) is 17.2 Å². The molecule has 6 rings (SSSR count). The molecule has 0 N–H and O–H groups in total. The van der Waals surface area contributed by atoms with Crippen molar-refractivity contribution in [2.75, 3.05) is 0 Å². The molecule has 0 amide bonds. The van der Waals surface area contributed by atoms with Gasteiger partial charge in [-0.3, -0.25) is 0 Å². The minimum atomic E-state index is -0.233. The predicted molar refractivity (Wildman–Crippen MR) is 91.3 cm³/mol. The first kappa shape index (κ1) is 13.3.